The van der Waals surface area contributed by atoms with Crippen molar-refractivity contribution in [2.75, 3.05) is 5.32 Å². The number of aryl methyl sites for hydroxylation is 1. The Kier molecular flexibility index (Phi) is 4.71. The monoisotopic (exact) mass is 491 g/mol. The highest BCUT2D eigenvalue weighted by molar-refractivity contribution is 7.15. The number of nitrogens with one attached hydrogen (secondary N) is 3. The Morgan fingerprint density at radius 3 is 2.78 bits per heavy atom. The van der Waals surface area contributed by atoms with Crippen LogP contribution in [0.5, 0.6) is 0 Å². The van der Waals surface area contributed by atoms with E-state index in [1.807, 2.05) is 30.3 Å². The Balaban J connectivity index is 1.28. The Hall–Kier alpha value is -4.37. The van der Waals surface area contributed by atoms with E-state index in [-0.39, 0.29) is 11.8 Å². The predicted octanol–water partition coefficient (Wildman–Crippen LogP) is 5.95. The number of hydrogen-bond donors (Lipinski definition) is 3. The number of thiophene rings is 1. The Bertz CT molecular complexity index is 1780. The van der Waals surface area contributed by atoms with Gasteiger partial charge in [0.15, 0.2) is 11.5 Å². The number of benzene rings is 1. The fraction of sp³-hybridized carbons (Fsp3) is 0.148. The molecule has 1 saturated carbocycles. The molecule has 1 aliphatic carbocycles. The van der Waals surface area contributed by atoms with Gasteiger partial charge in [-0.3, -0.25) is 14.9 Å². The van der Waals surface area contributed by atoms with E-state index in [1.54, 1.807) is 23.7 Å². The van der Waals surface area contributed by atoms with Crippen LogP contribution in [0.3, 0.4) is 0 Å². The molecule has 5 aromatic heterocycles. The molecule has 0 saturated heterocycles. The topological polar surface area (TPSA) is 112 Å². The van der Waals surface area contributed by atoms with Gasteiger partial charge in [-0.25, -0.2) is 9.97 Å². The first kappa shape index (κ1) is 21.0. The average molecular weight is 492 g/mol. The molecule has 1 fully saturated rings. The van der Waals surface area contributed by atoms with Gasteiger partial charge in [0.25, 0.3) is 0 Å². The minimum absolute atomic E-state index is 0.0523. The maximum atomic E-state index is 12.2. The van der Waals surface area contributed by atoms with Crippen LogP contribution >= 0.6 is 11.3 Å². The molecule has 0 unspecified atom stereocenters. The fourth-order valence-corrected chi connectivity index (χ4v) is 5.28. The zero-order valence-electron chi connectivity index (χ0n) is 19.4. The van der Waals surface area contributed by atoms with Gasteiger partial charge in [-0.15, -0.1) is 11.3 Å². The van der Waals surface area contributed by atoms with E-state index in [2.05, 4.69) is 50.6 Å². The van der Waals surface area contributed by atoms with Crippen LogP contribution in [0.15, 0.2) is 60.9 Å². The van der Waals surface area contributed by atoms with Crippen molar-refractivity contribution in [2.45, 2.75) is 19.8 Å². The Morgan fingerprint density at radius 1 is 1.03 bits per heavy atom. The van der Waals surface area contributed by atoms with Crippen LogP contribution in [0.1, 0.15) is 17.7 Å². The number of hydrogen-bond acceptors (Lipinski definition) is 6. The van der Waals surface area contributed by atoms with Crippen LogP contribution < -0.4 is 5.32 Å². The van der Waals surface area contributed by atoms with Gasteiger partial charge in [0, 0.05) is 33.0 Å². The van der Waals surface area contributed by atoms with Crippen LogP contribution in [-0.4, -0.2) is 36.0 Å². The van der Waals surface area contributed by atoms with Gasteiger partial charge in [0.2, 0.25) is 5.91 Å². The number of imidazole rings is 1. The summed E-state index contributed by atoms with van der Waals surface area (Å²) in [5.41, 5.74) is 7.37. The van der Waals surface area contributed by atoms with Gasteiger partial charge in [-0.2, -0.15) is 5.10 Å². The molecule has 176 valence electrons. The highest BCUT2D eigenvalue weighted by Gasteiger charge is 2.29. The molecule has 0 spiro atoms. The van der Waals surface area contributed by atoms with Crippen molar-refractivity contribution >= 4 is 45.0 Å². The Morgan fingerprint density at radius 2 is 1.94 bits per heavy atom. The fourth-order valence-electron chi connectivity index (χ4n) is 4.39. The summed E-state index contributed by atoms with van der Waals surface area (Å²) in [5.74, 6) is 0.839. The second kappa shape index (κ2) is 8.10. The summed E-state index contributed by atoms with van der Waals surface area (Å²) >= 11 is 1.75. The SMILES string of the molecule is Cc1ccc(-c2cccc3[nH]c(-c4n[nH]c5ccc(-c6cncc(NC(=O)C7CC7)c6)nc45)nc23)s1. The van der Waals surface area contributed by atoms with Gasteiger partial charge in [0.1, 0.15) is 5.52 Å². The van der Waals surface area contributed by atoms with Gasteiger partial charge < -0.3 is 10.3 Å². The molecule has 0 atom stereocenters. The maximum absolute atomic E-state index is 12.2. The normalized spacial score (nSPS) is 13.5. The van der Waals surface area contributed by atoms with Gasteiger partial charge in [-0.05, 0) is 56.2 Å². The number of pyridine rings is 2. The minimum atomic E-state index is 0.0523. The number of carbonyl (C=O) groups excluding carboxylic acids is 1. The van der Waals surface area contributed by atoms with E-state index >= 15 is 0 Å². The highest BCUT2D eigenvalue weighted by Crippen LogP contribution is 2.35. The molecule has 6 aromatic rings. The van der Waals surface area contributed by atoms with E-state index in [0.29, 0.717) is 22.7 Å². The average Bonchev–Trinajstić information content (AvgIpc) is 3.30. The van der Waals surface area contributed by atoms with Gasteiger partial charge >= 0.3 is 0 Å². The lowest BCUT2D eigenvalue weighted by atomic mass is 10.1. The molecule has 5 heterocycles. The standard InChI is InChI=1S/C27H21N7OS/c1-14-5-10-22(36-14)18-3-2-4-20-23(18)32-26(31-20)25-24-21(33-34-25)9-8-19(30-24)16-11-17(13-28-12-16)29-27(35)15-6-7-15/h2-5,8-13,15H,6-7H2,1H3,(H,29,35)(H,31,32)(H,33,34). The number of para-hydroxylation sites is 1. The number of aromatic nitrogens is 6. The molecule has 0 aliphatic heterocycles. The highest BCUT2D eigenvalue weighted by atomic mass is 32.1. The first-order chi connectivity index (χ1) is 17.6. The van der Waals surface area contributed by atoms with Gasteiger partial charge in [-0.1, -0.05) is 12.1 Å². The van der Waals surface area contributed by atoms with Crippen LogP contribution in [-0.2, 0) is 4.79 Å². The number of H-pyrrole nitrogens is 2. The number of aromatic amines is 2. The molecule has 1 aliphatic rings. The summed E-state index contributed by atoms with van der Waals surface area (Å²) in [6.07, 6.45) is 5.32. The second-order valence-electron chi connectivity index (χ2n) is 9.09. The molecule has 9 heteroatoms. The number of nitrogens with zero attached hydrogens (tertiary/aromatic N) is 4. The lowest BCUT2D eigenvalue weighted by Gasteiger charge is -2.06. The number of carbonyl (C=O) groups is 1. The molecular formula is C27H21N7OS. The largest absolute Gasteiger partial charge is 0.336 e. The third-order valence-electron chi connectivity index (χ3n) is 6.40. The molecule has 0 radical (unpaired) electrons. The van der Waals surface area contributed by atoms with Crippen molar-refractivity contribution in [3.63, 3.8) is 0 Å². The zero-order valence-corrected chi connectivity index (χ0v) is 20.2. The molecule has 8 nitrogen and oxygen atoms in total. The van der Waals surface area contributed by atoms with E-state index in [1.165, 1.54) is 9.75 Å². The first-order valence-electron chi connectivity index (χ1n) is 11.8. The third kappa shape index (κ3) is 3.64. The first-order valence-corrected chi connectivity index (χ1v) is 12.6. The van der Waals surface area contributed by atoms with E-state index in [9.17, 15) is 4.79 Å². The summed E-state index contributed by atoms with van der Waals surface area (Å²) < 4.78 is 0. The Labute approximate surface area is 209 Å². The second-order valence-corrected chi connectivity index (χ2v) is 10.4. The van der Waals surface area contributed by atoms with E-state index in [0.717, 1.165) is 46.2 Å². The van der Waals surface area contributed by atoms with Crippen LogP contribution in [0.25, 0.3) is 55.3 Å². The lowest BCUT2D eigenvalue weighted by molar-refractivity contribution is -0.117. The maximum Gasteiger partial charge on any atom is 0.227 e. The number of fused-ring (bicyclic) bond motifs is 2. The summed E-state index contributed by atoms with van der Waals surface area (Å²) in [5, 5.41) is 10.6. The smallest absolute Gasteiger partial charge is 0.227 e. The van der Waals surface area contributed by atoms with Gasteiger partial charge in [0.05, 0.1) is 34.1 Å². The predicted molar refractivity (Wildman–Crippen MR) is 142 cm³/mol. The van der Waals surface area contributed by atoms with Crippen molar-refractivity contribution in [3.05, 3.63) is 65.8 Å². The van der Waals surface area contributed by atoms with E-state index in [4.69, 9.17) is 9.97 Å². The number of amides is 1. The lowest BCUT2D eigenvalue weighted by Crippen LogP contribution is -2.13. The number of rotatable bonds is 5. The van der Waals surface area contributed by atoms with Crippen molar-refractivity contribution in [2.24, 2.45) is 5.92 Å². The third-order valence-corrected chi connectivity index (χ3v) is 7.43. The van der Waals surface area contributed by atoms with Crippen molar-refractivity contribution in [3.8, 4) is 33.2 Å². The van der Waals surface area contributed by atoms with Crippen LogP contribution in [0.2, 0.25) is 0 Å². The molecule has 0 bridgehead atoms. The summed E-state index contributed by atoms with van der Waals surface area (Å²) in [6, 6.07) is 16.2. The number of anilines is 1. The van der Waals surface area contributed by atoms with Crippen molar-refractivity contribution in [1.29, 1.82) is 0 Å². The molecular weight excluding hydrogens is 470 g/mol. The molecule has 1 amide bonds. The summed E-state index contributed by atoms with van der Waals surface area (Å²) in [6.45, 7) is 2.11. The van der Waals surface area contributed by atoms with Crippen LogP contribution in [0.4, 0.5) is 5.69 Å². The zero-order chi connectivity index (χ0) is 24.2. The molecule has 1 aromatic carbocycles. The van der Waals surface area contributed by atoms with Crippen molar-refractivity contribution in [1.82, 2.24) is 30.1 Å². The molecule has 36 heavy (non-hydrogen) atoms. The van der Waals surface area contributed by atoms with Crippen LogP contribution in [0, 0.1) is 12.8 Å². The molecule has 3 N–H and O–H groups in total. The molecule has 7 rings (SSSR count). The van der Waals surface area contributed by atoms with Crippen molar-refractivity contribution < 1.29 is 4.79 Å². The quantitative estimate of drug-likeness (QED) is 0.276. The summed E-state index contributed by atoms with van der Waals surface area (Å²) in [7, 11) is 0. The minimum Gasteiger partial charge on any atom is -0.336 e. The van der Waals surface area contributed by atoms with E-state index < -0.39 is 0 Å². The summed E-state index contributed by atoms with van der Waals surface area (Å²) in [4.78, 5) is 32.2.